The van der Waals surface area contributed by atoms with Gasteiger partial charge in [-0.15, -0.1) is 0 Å². The molecule has 0 radical (unpaired) electrons. The Hall–Kier alpha value is -1.60. The minimum Gasteiger partial charge on any atom is -0.381 e. The molecular formula is C27H33Cl2NO4S. The van der Waals surface area contributed by atoms with Crippen LogP contribution in [0.15, 0.2) is 47.4 Å². The Balaban J connectivity index is 1.80. The Kier molecular flexibility index (Phi) is 7.59. The lowest BCUT2D eigenvalue weighted by Gasteiger charge is -2.38. The molecule has 1 aliphatic heterocycles. The van der Waals surface area contributed by atoms with Crippen molar-refractivity contribution in [3.63, 3.8) is 0 Å². The molecule has 2 aromatic carbocycles. The molecule has 0 aromatic heterocycles. The zero-order chi connectivity index (χ0) is 25.4. The Morgan fingerprint density at radius 2 is 1.60 bits per heavy atom. The topological polar surface area (TPSA) is 63.7 Å². The third kappa shape index (κ3) is 5.00. The molecule has 0 atom stereocenters. The van der Waals surface area contributed by atoms with Crippen LogP contribution in [-0.4, -0.2) is 33.6 Å². The van der Waals surface area contributed by atoms with E-state index < -0.39 is 20.0 Å². The van der Waals surface area contributed by atoms with Crippen molar-refractivity contribution < 1.29 is 17.9 Å². The summed E-state index contributed by atoms with van der Waals surface area (Å²) in [5, 5.41) is 0.872. The number of amides is 1. The molecule has 0 N–H and O–H groups in total. The Morgan fingerprint density at radius 3 is 2.14 bits per heavy atom. The van der Waals surface area contributed by atoms with Gasteiger partial charge in [0.2, 0.25) is 5.91 Å². The highest BCUT2D eigenvalue weighted by Crippen LogP contribution is 2.46. The molecule has 1 aliphatic carbocycles. The van der Waals surface area contributed by atoms with Gasteiger partial charge in [0, 0.05) is 29.7 Å². The van der Waals surface area contributed by atoms with E-state index in [2.05, 4.69) is 0 Å². The van der Waals surface area contributed by atoms with Crippen molar-refractivity contribution in [1.82, 2.24) is 0 Å². The number of rotatable bonds is 5. The summed E-state index contributed by atoms with van der Waals surface area (Å²) in [6, 6.07) is 11.8. The summed E-state index contributed by atoms with van der Waals surface area (Å²) in [7, 11) is -3.78. The van der Waals surface area contributed by atoms with Gasteiger partial charge >= 0.3 is 0 Å². The van der Waals surface area contributed by atoms with Crippen LogP contribution in [0.25, 0.3) is 0 Å². The summed E-state index contributed by atoms with van der Waals surface area (Å²) in [6.45, 7) is 6.41. The van der Waals surface area contributed by atoms with Crippen molar-refractivity contribution in [2.75, 3.05) is 18.1 Å². The largest absolute Gasteiger partial charge is 0.381 e. The number of carbonyl (C=O) groups excluding carboxylic acids is 1. The van der Waals surface area contributed by atoms with Crippen LogP contribution in [0, 0.1) is 5.41 Å². The van der Waals surface area contributed by atoms with E-state index in [1.165, 1.54) is 0 Å². The summed E-state index contributed by atoms with van der Waals surface area (Å²) in [5.74, 6) is 0.0219. The number of anilines is 1. The maximum Gasteiger partial charge on any atom is 0.232 e. The third-order valence-electron chi connectivity index (χ3n) is 7.22. The Bertz CT molecular complexity index is 1180. The number of benzene rings is 2. The Labute approximate surface area is 218 Å². The van der Waals surface area contributed by atoms with E-state index in [1.54, 1.807) is 30.3 Å². The van der Waals surface area contributed by atoms with Crippen molar-refractivity contribution in [2.45, 2.75) is 75.0 Å². The van der Waals surface area contributed by atoms with Gasteiger partial charge in [-0.2, -0.15) is 0 Å². The standard InChI is InChI=1S/C27H33Cl2NO4S/c1-26(2,3)25(31)30(21-6-4-5-7-21)24-13-8-19(18-23(24)29)27(14-16-34-17-15-27)35(32,33)22-11-9-20(28)10-12-22/h8-13,18,21H,4-7,14-17H2,1-3H3. The van der Waals surface area contributed by atoms with E-state index in [1.807, 2.05) is 37.8 Å². The van der Waals surface area contributed by atoms with Gasteiger partial charge in [0.25, 0.3) is 0 Å². The molecule has 4 rings (SSSR count). The Morgan fingerprint density at radius 1 is 1.00 bits per heavy atom. The van der Waals surface area contributed by atoms with Crippen molar-refractivity contribution in [3.8, 4) is 0 Å². The first kappa shape index (κ1) is 26.5. The number of hydrogen-bond donors (Lipinski definition) is 0. The molecule has 5 nitrogen and oxygen atoms in total. The molecule has 0 bridgehead atoms. The molecule has 1 amide bonds. The fraction of sp³-hybridized carbons (Fsp3) is 0.519. The van der Waals surface area contributed by atoms with Gasteiger partial charge in [0.15, 0.2) is 9.84 Å². The minimum atomic E-state index is -3.78. The number of carbonyl (C=O) groups is 1. The number of halogens is 2. The molecule has 2 fully saturated rings. The van der Waals surface area contributed by atoms with E-state index in [4.69, 9.17) is 27.9 Å². The van der Waals surface area contributed by atoms with Gasteiger partial charge in [0.1, 0.15) is 4.75 Å². The average molecular weight is 539 g/mol. The highest BCUT2D eigenvalue weighted by atomic mass is 35.5. The normalized spacial score (nSPS) is 19.0. The van der Waals surface area contributed by atoms with Gasteiger partial charge in [-0.05, 0) is 67.6 Å². The lowest BCUT2D eigenvalue weighted by Crippen LogP contribution is -2.45. The second-order valence-electron chi connectivity index (χ2n) is 10.6. The van der Waals surface area contributed by atoms with Crippen LogP contribution in [0.2, 0.25) is 10.0 Å². The number of sulfone groups is 1. The van der Waals surface area contributed by atoms with E-state index in [0.29, 0.717) is 47.4 Å². The zero-order valence-electron chi connectivity index (χ0n) is 20.5. The second kappa shape index (κ2) is 10.0. The van der Waals surface area contributed by atoms with Crippen molar-refractivity contribution in [3.05, 3.63) is 58.1 Å². The van der Waals surface area contributed by atoms with Crippen molar-refractivity contribution in [2.24, 2.45) is 5.41 Å². The van der Waals surface area contributed by atoms with E-state index in [9.17, 15) is 13.2 Å². The van der Waals surface area contributed by atoms with Crippen LogP contribution in [-0.2, 0) is 24.1 Å². The first-order valence-electron chi connectivity index (χ1n) is 12.2. The van der Waals surface area contributed by atoms with Gasteiger partial charge in [-0.3, -0.25) is 4.79 Å². The highest BCUT2D eigenvalue weighted by molar-refractivity contribution is 7.92. The molecule has 0 spiro atoms. The summed E-state index contributed by atoms with van der Waals surface area (Å²) >= 11 is 12.9. The molecule has 1 saturated heterocycles. The number of ether oxygens (including phenoxy) is 1. The molecule has 1 saturated carbocycles. The van der Waals surface area contributed by atoms with Crippen LogP contribution >= 0.6 is 23.2 Å². The average Bonchev–Trinajstić information content (AvgIpc) is 3.34. The first-order chi connectivity index (χ1) is 16.5. The van der Waals surface area contributed by atoms with E-state index in [0.717, 1.165) is 25.7 Å². The van der Waals surface area contributed by atoms with Gasteiger partial charge < -0.3 is 9.64 Å². The lowest BCUT2D eigenvalue weighted by atomic mass is 9.89. The van der Waals surface area contributed by atoms with E-state index in [-0.39, 0.29) is 16.8 Å². The molecule has 2 aromatic rings. The molecule has 2 aliphatic rings. The molecule has 1 heterocycles. The fourth-order valence-electron chi connectivity index (χ4n) is 5.23. The van der Waals surface area contributed by atoms with Crippen LogP contribution in [0.3, 0.4) is 0 Å². The summed E-state index contributed by atoms with van der Waals surface area (Å²) in [6.07, 6.45) is 4.67. The minimum absolute atomic E-state index is 0.0219. The molecule has 35 heavy (non-hydrogen) atoms. The highest BCUT2D eigenvalue weighted by Gasteiger charge is 2.48. The monoisotopic (exact) mass is 537 g/mol. The van der Waals surface area contributed by atoms with Crippen LogP contribution in [0.5, 0.6) is 0 Å². The lowest BCUT2D eigenvalue weighted by molar-refractivity contribution is -0.126. The summed E-state index contributed by atoms with van der Waals surface area (Å²) in [4.78, 5) is 15.5. The smallest absolute Gasteiger partial charge is 0.232 e. The quantitative estimate of drug-likeness (QED) is 0.420. The SMILES string of the molecule is CC(C)(C)C(=O)N(c1ccc(C2(S(=O)(=O)c3ccc(Cl)cc3)CCOCC2)cc1Cl)C1CCCC1. The predicted octanol–water partition coefficient (Wildman–Crippen LogP) is 6.79. The summed E-state index contributed by atoms with van der Waals surface area (Å²) in [5.41, 5.74) is 0.706. The van der Waals surface area contributed by atoms with Crippen LogP contribution in [0.4, 0.5) is 5.69 Å². The van der Waals surface area contributed by atoms with Gasteiger partial charge in [0.05, 0.1) is 15.6 Å². The maximum atomic E-state index is 14.0. The number of hydrogen-bond acceptors (Lipinski definition) is 4. The predicted molar refractivity (Wildman–Crippen MR) is 141 cm³/mol. The van der Waals surface area contributed by atoms with Gasteiger partial charge in [-0.1, -0.05) is 62.9 Å². The van der Waals surface area contributed by atoms with Crippen molar-refractivity contribution in [1.29, 1.82) is 0 Å². The van der Waals surface area contributed by atoms with Gasteiger partial charge in [-0.25, -0.2) is 8.42 Å². The zero-order valence-corrected chi connectivity index (χ0v) is 22.8. The molecule has 190 valence electrons. The van der Waals surface area contributed by atoms with Crippen LogP contribution in [0.1, 0.15) is 64.9 Å². The molecule has 8 heteroatoms. The van der Waals surface area contributed by atoms with Crippen LogP contribution < -0.4 is 4.90 Å². The summed E-state index contributed by atoms with van der Waals surface area (Å²) < 4.78 is 32.4. The van der Waals surface area contributed by atoms with Crippen molar-refractivity contribution >= 4 is 44.6 Å². The third-order valence-corrected chi connectivity index (χ3v) is 10.3. The maximum absolute atomic E-state index is 14.0. The molecular weight excluding hydrogens is 505 g/mol. The second-order valence-corrected chi connectivity index (χ2v) is 13.7. The first-order valence-corrected chi connectivity index (χ1v) is 14.4. The number of nitrogens with zero attached hydrogens (tertiary/aromatic N) is 1. The van der Waals surface area contributed by atoms with E-state index >= 15 is 0 Å². The molecule has 0 unspecified atom stereocenters. The fourth-order valence-corrected chi connectivity index (χ4v) is 7.72.